The number of aromatic nitrogens is 5. The van der Waals surface area contributed by atoms with E-state index in [0.29, 0.717) is 16.5 Å². The number of thiophene rings is 1. The lowest BCUT2D eigenvalue weighted by Crippen LogP contribution is -2.19. The van der Waals surface area contributed by atoms with E-state index in [0.717, 1.165) is 86.4 Å². The second kappa shape index (κ2) is 8.30. The predicted molar refractivity (Wildman–Crippen MR) is 141 cm³/mol. The molecule has 0 spiro atoms. The molecular formula is C25H22ClN5O2S2. The van der Waals surface area contributed by atoms with Crippen molar-refractivity contribution in [3.63, 3.8) is 0 Å². The van der Waals surface area contributed by atoms with E-state index in [1.807, 2.05) is 29.3 Å². The Morgan fingerprint density at radius 2 is 2.09 bits per heavy atom. The lowest BCUT2D eigenvalue weighted by Gasteiger charge is -2.24. The average molecular weight is 524 g/mol. The Labute approximate surface area is 214 Å². The number of hydrogen-bond acceptors (Lipinski definition) is 8. The van der Waals surface area contributed by atoms with Crippen molar-refractivity contribution in [3.8, 4) is 17.1 Å². The number of halogens is 1. The van der Waals surface area contributed by atoms with Crippen LogP contribution in [-0.2, 0) is 4.74 Å². The number of aromatic hydroxyl groups is 1. The Morgan fingerprint density at radius 1 is 1.20 bits per heavy atom. The summed E-state index contributed by atoms with van der Waals surface area (Å²) in [7, 11) is 0. The molecule has 4 aromatic heterocycles. The number of thioether (sulfide) groups is 1. The summed E-state index contributed by atoms with van der Waals surface area (Å²) in [5.74, 6) is 0.419. The largest absolute Gasteiger partial charge is 0.493 e. The fourth-order valence-electron chi connectivity index (χ4n) is 5.18. The number of hydrogen-bond donors (Lipinski definition) is 1. The summed E-state index contributed by atoms with van der Waals surface area (Å²) in [6.45, 7) is 0.748. The topological polar surface area (TPSA) is 86.0 Å². The van der Waals surface area contributed by atoms with Crippen LogP contribution in [0, 0.1) is 0 Å². The van der Waals surface area contributed by atoms with Crippen LogP contribution in [0.3, 0.4) is 0 Å². The fraction of sp³-hybridized carbons (Fsp3) is 0.360. The van der Waals surface area contributed by atoms with E-state index in [4.69, 9.17) is 26.4 Å². The zero-order chi connectivity index (χ0) is 23.7. The van der Waals surface area contributed by atoms with Gasteiger partial charge in [0.25, 0.3) is 0 Å². The zero-order valence-corrected chi connectivity index (χ0v) is 21.4. The summed E-state index contributed by atoms with van der Waals surface area (Å²) >= 11 is 9.93. The highest BCUT2D eigenvalue weighted by atomic mass is 35.5. The van der Waals surface area contributed by atoms with Crippen molar-refractivity contribution < 1.29 is 9.84 Å². The molecule has 178 valence electrons. The van der Waals surface area contributed by atoms with Gasteiger partial charge >= 0.3 is 0 Å². The second-order valence-electron chi connectivity index (χ2n) is 9.12. The molecule has 1 aliphatic heterocycles. The van der Waals surface area contributed by atoms with Gasteiger partial charge in [-0.15, -0.1) is 11.3 Å². The van der Waals surface area contributed by atoms with E-state index in [9.17, 15) is 5.11 Å². The van der Waals surface area contributed by atoms with Gasteiger partial charge in [0.05, 0.1) is 27.5 Å². The zero-order valence-electron chi connectivity index (χ0n) is 19.0. The SMILES string of the molecule is CSc1nc(O)c2c(n1)sc1c(-c3c(C4CC4)c(Cl)cc4c3cnn4C3CCCCO3)nccc12. The predicted octanol–water partition coefficient (Wildman–Crippen LogP) is 6.91. The minimum atomic E-state index is -0.0813. The van der Waals surface area contributed by atoms with Crippen LogP contribution < -0.4 is 0 Å². The van der Waals surface area contributed by atoms with Crippen LogP contribution in [-0.4, -0.2) is 42.7 Å². The standard InChI is InChI=1S/C25H22ClN5O2S2/c1-34-25-29-23(32)20-13-7-8-27-21(22(13)35-24(20)30-25)19-14-11-28-31(17-4-2-3-9-33-17)16(14)10-15(26)18(19)12-5-6-12/h7-8,10-12,17H,2-6,9H2,1H3,(H,29,30,32). The fourth-order valence-corrected chi connectivity index (χ4v) is 7.11. The van der Waals surface area contributed by atoms with Crippen LogP contribution in [0.1, 0.15) is 49.8 Å². The van der Waals surface area contributed by atoms with Crippen LogP contribution in [0.4, 0.5) is 0 Å². The Hall–Kier alpha value is -2.46. The summed E-state index contributed by atoms with van der Waals surface area (Å²) in [6, 6.07) is 3.98. The third kappa shape index (κ3) is 3.43. The third-order valence-electron chi connectivity index (χ3n) is 6.94. The maximum absolute atomic E-state index is 10.7. The molecule has 35 heavy (non-hydrogen) atoms. The van der Waals surface area contributed by atoms with E-state index >= 15 is 0 Å². The summed E-state index contributed by atoms with van der Waals surface area (Å²) in [5, 5.41) is 19.4. The minimum Gasteiger partial charge on any atom is -0.493 e. The Morgan fingerprint density at radius 3 is 2.86 bits per heavy atom. The third-order valence-corrected chi connectivity index (χ3v) is 8.90. The van der Waals surface area contributed by atoms with Crippen LogP contribution in [0.25, 0.3) is 42.5 Å². The Balaban J connectivity index is 1.53. The van der Waals surface area contributed by atoms with Gasteiger partial charge in [0, 0.05) is 34.2 Å². The molecule has 5 heterocycles. The van der Waals surface area contributed by atoms with Crippen molar-refractivity contribution in [2.45, 2.75) is 49.4 Å². The molecule has 2 aliphatic rings. The molecule has 0 radical (unpaired) electrons. The van der Waals surface area contributed by atoms with Gasteiger partial charge in [-0.05, 0) is 62.0 Å². The van der Waals surface area contributed by atoms with Gasteiger partial charge in [-0.3, -0.25) is 4.98 Å². The normalized spacial score (nSPS) is 18.7. The number of benzene rings is 1. The summed E-state index contributed by atoms with van der Waals surface area (Å²) < 4.78 is 9.00. The summed E-state index contributed by atoms with van der Waals surface area (Å²) in [4.78, 5) is 14.6. The second-order valence-corrected chi connectivity index (χ2v) is 11.3. The van der Waals surface area contributed by atoms with Crippen LogP contribution in [0.15, 0.2) is 29.7 Å². The smallest absolute Gasteiger partial charge is 0.224 e. The molecule has 5 aromatic rings. The molecule has 1 aliphatic carbocycles. The molecule has 1 aromatic carbocycles. The monoisotopic (exact) mass is 523 g/mol. The molecular weight excluding hydrogens is 502 g/mol. The molecule has 0 bridgehead atoms. The van der Waals surface area contributed by atoms with Gasteiger partial charge in [-0.1, -0.05) is 23.4 Å². The van der Waals surface area contributed by atoms with Crippen molar-refractivity contribution in [1.29, 1.82) is 0 Å². The van der Waals surface area contributed by atoms with Crippen molar-refractivity contribution in [2.24, 2.45) is 0 Å². The summed E-state index contributed by atoms with van der Waals surface area (Å²) in [6.07, 6.45) is 10.9. The van der Waals surface area contributed by atoms with Gasteiger partial charge in [0.1, 0.15) is 4.83 Å². The maximum atomic E-state index is 10.7. The molecule has 0 amide bonds. The molecule has 1 saturated carbocycles. The van der Waals surface area contributed by atoms with Crippen LogP contribution in [0.5, 0.6) is 5.88 Å². The van der Waals surface area contributed by atoms with Crippen LogP contribution in [0.2, 0.25) is 5.02 Å². The number of rotatable bonds is 4. The Bertz CT molecular complexity index is 1620. The lowest BCUT2D eigenvalue weighted by atomic mass is 9.95. The van der Waals surface area contributed by atoms with Crippen molar-refractivity contribution in [1.82, 2.24) is 24.7 Å². The molecule has 7 rings (SSSR count). The van der Waals surface area contributed by atoms with Crippen molar-refractivity contribution in [3.05, 3.63) is 35.1 Å². The molecule has 2 fully saturated rings. The highest BCUT2D eigenvalue weighted by Gasteiger charge is 2.33. The van der Waals surface area contributed by atoms with Gasteiger partial charge in [0.2, 0.25) is 5.88 Å². The van der Waals surface area contributed by atoms with Gasteiger partial charge in [-0.2, -0.15) is 10.1 Å². The molecule has 1 N–H and O–H groups in total. The molecule has 1 saturated heterocycles. The Kier molecular flexibility index (Phi) is 5.17. The van der Waals surface area contributed by atoms with Gasteiger partial charge in [-0.25, -0.2) is 9.67 Å². The highest BCUT2D eigenvalue weighted by Crippen LogP contribution is 2.52. The molecule has 10 heteroatoms. The van der Waals surface area contributed by atoms with E-state index in [1.54, 1.807) is 6.20 Å². The molecule has 1 atom stereocenters. The molecule has 1 unspecified atom stereocenters. The first-order chi connectivity index (χ1) is 17.1. The first-order valence-corrected chi connectivity index (χ1v) is 14.2. The van der Waals surface area contributed by atoms with Crippen molar-refractivity contribution >= 4 is 65.9 Å². The minimum absolute atomic E-state index is 0.00340. The van der Waals surface area contributed by atoms with Gasteiger partial charge in [0.15, 0.2) is 11.4 Å². The van der Waals surface area contributed by atoms with Crippen LogP contribution >= 0.6 is 34.7 Å². The van der Waals surface area contributed by atoms with E-state index < -0.39 is 0 Å². The highest BCUT2D eigenvalue weighted by molar-refractivity contribution is 7.98. The first-order valence-electron chi connectivity index (χ1n) is 11.8. The van der Waals surface area contributed by atoms with E-state index in [1.165, 1.54) is 23.1 Å². The van der Waals surface area contributed by atoms with Gasteiger partial charge < -0.3 is 9.84 Å². The summed E-state index contributed by atoms with van der Waals surface area (Å²) in [5.41, 5.74) is 4.00. The first kappa shape index (κ1) is 21.8. The number of pyridine rings is 1. The quantitative estimate of drug-likeness (QED) is 0.202. The van der Waals surface area contributed by atoms with E-state index in [-0.39, 0.29) is 12.1 Å². The average Bonchev–Trinajstić information content (AvgIpc) is 3.50. The lowest BCUT2D eigenvalue weighted by molar-refractivity contribution is -0.0366. The number of ether oxygens (including phenoxy) is 1. The number of fused-ring (bicyclic) bond motifs is 4. The number of nitrogens with zero attached hydrogens (tertiary/aromatic N) is 5. The molecule has 7 nitrogen and oxygen atoms in total. The maximum Gasteiger partial charge on any atom is 0.224 e. The van der Waals surface area contributed by atoms with E-state index in [2.05, 4.69) is 9.97 Å². The van der Waals surface area contributed by atoms with Crippen molar-refractivity contribution in [2.75, 3.05) is 12.9 Å².